The van der Waals surface area contributed by atoms with Gasteiger partial charge in [0.15, 0.2) is 0 Å². The van der Waals surface area contributed by atoms with Gasteiger partial charge in [0, 0.05) is 24.4 Å². The number of nitrogens with zero attached hydrogens (tertiary/aromatic N) is 2. The number of nitro groups is 1. The van der Waals surface area contributed by atoms with Gasteiger partial charge in [-0.05, 0) is 68.1 Å². The number of sulfonamides is 2. The number of nitro benzene ring substituents is 1. The van der Waals surface area contributed by atoms with Gasteiger partial charge >= 0.3 is 0 Å². The van der Waals surface area contributed by atoms with Crippen LogP contribution >= 0.6 is 0 Å². The lowest BCUT2D eigenvalue weighted by molar-refractivity contribution is -0.385. The highest BCUT2D eigenvalue weighted by atomic mass is 32.2. The van der Waals surface area contributed by atoms with Gasteiger partial charge in [-0.2, -0.15) is 0 Å². The lowest BCUT2D eigenvalue weighted by Gasteiger charge is -2.31. The minimum atomic E-state index is -4.10. The molecule has 1 aliphatic heterocycles. The highest BCUT2D eigenvalue weighted by Crippen LogP contribution is 2.34. The number of benzene rings is 3. The van der Waals surface area contributed by atoms with Gasteiger partial charge in [0.05, 0.1) is 20.4 Å². The molecule has 1 aliphatic rings. The molecule has 0 atom stereocenters. The number of hydrogen-bond donors (Lipinski definition) is 1. The Morgan fingerprint density at radius 2 is 1.65 bits per heavy atom. The zero-order chi connectivity index (χ0) is 24.7. The Hall–Kier alpha value is -3.44. The fourth-order valence-corrected chi connectivity index (χ4v) is 6.77. The lowest BCUT2D eigenvalue weighted by atomic mass is 10.0. The molecule has 0 radical (unpaired) electrons. The first-order valence-corrected chi connectivity index (χ1v) is 13.4. The van der Waals surface area contributed by atoms with Crippen LogP contribution in [0.3, 0.4) is 0 Å². The van der Waals surface area contributed by atoms with E-state index in [4.69, 9.17) is 0 Å². The lowest BCUT2D eigenvalue weighted by Crippen LogP contribution is -2.35. The molecule has 178 valence electrons. The standard InChI is InChI=1S/C23H23N3O6S2/c1-16-5-10-21(11-6-16)34(31,32)25-13-3-4-18-14-19(8-12-22(18)25)24-33(29,30)23-15-20(26(27)28)9-7-17(23)2/h5-12,14-15,24H,3-4,13H2,1-2H3. The molecule has 3 aromatic rings. The van der Waals surface area contributed by atoms with Gasteiger partial charge in [-0.15, -0.1) is 0 Å². The first kappa shape index (κ1) is 23.7. The Kier molecular flexibility index (Phi) is 6.09. The van der Waals surface area contributed by atoms with Crippen molar-refractivity contribution in [1.82, 2.24) is 0 Å². The van der Waals surface area contributed by atoms with Crippen molar-refractivity contribution in [3.8, 4) is 0 Å². The zero-order valence-corrected chi connectivity index (χ0v) is 20.2. The maximum Gasteiger partial charge on any atom is 0.270 e. The Morgan fingerprint density at radius 1 is 0.941 bits per heavy atom. The number of non-ortho nitro benzene ring substituents is 1. The molecule has 4 rings (SSSR count). The van der Waals surface area contributed by atoms with Crippen molar-refractivity contribution in [3.05, 3.63) is 87.5 Å². The van der Waals surface area contributed by atoms with Gasteiger partial charge in [0.1, 0.15) is 0 Å². The molecule has 34 heavy (non-hydrogen) atoms. The number of rotatable bonds is 6. The second-order valence-electron chi connectivity index (χ2n) is 8.15. The van der Waals surface area contributed by atoms with Crippen molar-refractivity contribution >= 4 is 37.1 Å². The summed E-state index contributed by atoms with van der Waals surface area (Å²) in [7, 11) is -7.87. The van der Waals surface area contributed by atoms with E-state index in [0.717, 1.165) is 11.6 Å². The average Bonchev–Trinajstić information content (AvgIpc) is 2.78. The average molecular weight is 502 g/mol. The number of anilines is 2. The third-order valence-electron chi connectivity index (χ3n) is 5.69. The van der Waals surface area contributed by atoms with Gasteiger partial charge in [-0.25, -0.2) is 16.8 Å². The molecular formula is C23H23N3O6S2. The molecule has 0 aromatic heterocycles. The maximum atomic E-state index is 13.2. The van der Waals surface area contributed by atoms with Crippen molar-refractivity contribution in [3.63, 3.8) is 0 Å². The molecule has 0 saturated carbocycles. The van der Waals surface area contributed by atoms with Crippen LogP contribution in [0.2, 0.25) is 0 Å². The minimum absolute atomic E-state index is 0.192. The van der Waals surface area contributed by atoms with Crippen LogP contribution in [0.5, 0.6) is 0 Å². The summed E-state index contributed by atoms with van der Waals surface area (Å²) in [6.07, 6.45) is 1.17. The van der Waals surface area contributed by atoms with E-state index in [2.05, 4.69) is 4.72 Å². The fourth-order valence-electron chi connectivity index (χ4n) is 3.92. The molecule has 0 amide bonds. The Balaban J connectivity index is 1.66. The van der Waals surface area contributed by atoms with Gasteiger partial charge in [0.25, 0.3) is 25.7 Å². The van der Waals surface area contributed by atoms with Gasteiger partial charge in [-0.3, -0.25) is 19.1 Å². The number of aryl methyl sites for hydroxylation is 3. The molecule has 0 spiro atoms. The quantitative estimate of drug-likeness (QED) is 0.399. The molecule has 11 heteroatoms. The van der Waals surface area contributed by atoms with Crippen LogP contribution in [0.1, 0.15) is 23.1 Å². The summed E-state index contributed by atoms with van der Waals surface area (Å²) in [5.74, 6) is 0. The van der Waals surface area contributed by atoms with Crippen molar-refractivity contribution in [2.24, 2.45) is 0 Å². The normalized spacial score (nSPS) is 13.9. The first-order valence-electron chi connectivity index (χ1n) is 10.5. The Bertz CT molecular complexity index is 1480. The van der Waals surface area contributed by atoms with Crippen molar-refractivity contribution < 1.29 is 21.8 Å². The van der Waals surface area contributed by atoms with Crippen LogP contribution in [-0.2, 0) is 26.5 Å². The molecule has 1 N–H and O–H groups in total. The fraction of sp³-hybridized carbons (Fsp3) is 0.217. The Morgan fingerprint density at radius 3 is 2.32 bits per heavy atom. The molecule has 0 saturated heterocycles. The van der Waals surface area contributed by atoms with E-state index >= 15 is 0 Å². The van der Waals surface area contributed by atoms with Crippen LogP contribution in [0.15, 0.2) is 70.5 Å². The predicted octanol–water partition coefficient (Wildman–Crippen LogP) is 4.15. The Labute approximate surface area is 198 Å². The van der Waals surface area contributed by atoms with E-state index in [0.29, 0.717) is 36.2 Å². The monoisotopic (exact) mass is 501 g/mol. The molecule has 0 aliphatic carbocycles. The summed E-state index contributed by atoms with van der Waals surface area (Å²) in [4.78, 5) is 10.4. The number of hydrogen-bond acceptors (Lipinski definition) is 6. The summed E-state index contributed by atoms with van der Waals surface area (Å²) < 4.78 is 56.2. The van der Waals surface area contributed by atoms with E-state index in [-0.39, 0.29) is 21.2 Å². The molecule has 3 aromatic carbocycles. The summed E-state index contributed by atoms with van der Waals surface area (Å²) in [5, 5.41) is 11.1. The molecule has 0 fully saturated rings. The van der Waals surface area contributed by atoms with Gasteiger partial charge in [0.2, 0.25) is 0 Å². The van der Waals surface area contributed by atoms with E-state index in [1.165, 1.54) is 22.5 Å². The van der Waals surface area contributed by atoms with Crippen molar-refractivity contribution in [1.29, 1.82) is 0 Å². The maximum absolute atomic E-state index is 13.2. The largest absolute Gasteiger partial charge is 0.280 e. The van der Waals surface area contributed by atoms with Crippen LogP contribution in [0.25, 0.3) is 0 Å². The molecule has 9 nitrogen and oxygen atoms in total. The highest BCUT2D eigenvalue weighted by molar-refractivity contribution is 7.93. The van der Waals surface area contributed by atoms with E-state index in [9.17, 15) is 26.9 Å². The molecule has 1 heterocycles. The predicted molar refractivity (Wildman–Crippen MR) is 129 cm³/mol. The SMILES string of the molecule is Cc1ccc(S(=O)(=O)N2CCCc3cc(NS(=O)(=O)c4cc([N+](=O)[O-])ccc4C)ccc32)cc1. The van der Waals surface area contributed by atoms with Crippen molar-refractivity contribution in [2.75, 3.05) is 15.6 Å². The van der Waals surface area contributed by atoms with E-state index < -0.39 is 25.0 Å². The second kappa shape index (κ2) is 8.73. The summed E-state index contributed by atoms with van der Waals surface area (Å²) in [6, 6.07) is 15.0. The van der Waals surface area contributed by atoms with Crippen LogP contribution in [0.4, 0.5) is 17.1 Å². The van der Waals surface area contributed by atoms with Gasteiger partial charge in [-0.1, -0.05) is 23.8 Å². The van der Waals surface area contributed by atoms with E-state index in [1.54, 1.807) is 43.3 Å². The third-order valence-corrected chi connectivity index (χ3v) is 9.04. The smallest absolute Gasteiger partial charge is 0.270 e. The van der Waals surface area contributed by atoms with Crippen LogP contribution < -0.4 is 9.03 Å². The first-order chi connectivity index (χ1) is 16.0. The van der Waals surface area contributed by atoms with Crippen molar-refractivity contribution in [2.45, 2.75) is 36.5 Å². The molecule has 0 bridgehead atoms. The number of nitrogens with one attached hydrogen (secondary N) is 1. The minimum Gasteiger partial charge on any atom is -0.280 e. The third kappa shape index (κ3) is 4.48. The summed E-state index contributed by atoms with van der Waals surface area (Å²) in [6.45, 7) is 3.75. The van der Waals surface area contributed by atoms with Gasteiger partial charge < -0.3 is 0 Å². The number of fused-ring (bicyclic) bond motifs is 1. The zero-order valence-electron chi connectivity index (χ0n) is 18.6. The second-order valence-corrected chi connectivity index (χ2v) is 11.7. The molecular weight excluding hydrogens is 478 g/mol. The van der Waals surface area contributed by atoms with Crippen LogP contribution in [-0.4, -0.2) is 28.3 Å². The summed E-state index contributed by atoms with van der Waals surface area (Å²) in [5.41, 5.74) is 2.44. The topological polar surface area (TPSA) is 127 Å². The summed E-state index contributed by atoms with van der Waals surface area (Å²) >= 11 is 0. The highest BCUT2D eigenvalue weighted by Gasteiger charge is 2.29. The van der Waals surface area contributed by atoms with E-state index in [1.807, 2.05) is 6.92 Å². The van der Waals surface area contributed by atoms with Crippen LogP contribution in [0, 0.1) is 24.0 Å². The molecule has 0 unspecified atom stereocenters.